The van der Waals surface area contributed by atoms with Crippen molar-refractivity contribution in [1.82, 2.24) is 15.3 Å². The first kappa shape index (κ1) is 30.8. The van der Waals surface area contributed by atoms with Crippen LogP contribution in [0.25, 0.3) is 0 Å². The third-order valence-electron chi connectivity index (χ3n) is 9.00. The quantitative estimate of drug-likeness (QED) is 0.176. The number of halogens is 3. The number of hydrogen-bond donors (Lipinski definition) is 4. The zero-order valence-electron chi connectivity index (χ0n) is 23.8. The van der Waals surface area contributed by atoms with E-state index in [0.29, 0.717) is 22.5 Å². The number of hydrogen-bond acceptors (Lipinski definition) is 7. The lowest BCUT2D eigenvalue weighted by atomic mass is 9.52. The van der Waals surface area contributed by atoms with Crippen LogP contribution in [0.4, 0.5) is 24.5 Å². The van der Waals surface area contributed by atoms with E-state index in [9.17, 15) is 27.9 Å². The predicted molar refractivity (Wildman–Crippen MR) is 156 cm³/mol. The molecule has 0 unspecified atom stereocenters. The summed E-state index contributed by atoms with van der Waals surface area (Å²) in [6.45, 7) is 1.11. The number of rotatable bonds is 8. The molecule has 4 aliphatic rings. The SMILES string of the molecule is N#CNC(=O)c1ccncc1NCc1ccc(C(F)(F)F)cc1.O=C(O)c1ccncc1NCC1C2CC3CC(C2)CC1C3. The molecular weight excluding hydrogens is 573 g/mol. The summed E-state index contributed by atoms with van der Waals surface area (Å²) in [6.07, 6.45) is 10.2. The van der Waals surface area contributed by atoms with Gasteiger partial charge in [-0.2, -0.15) is 18.4 Å². The van der Waals surface area contributed by atoms with Crippen LogP contribution in [0, 0.1) is 41.0 Å². The zero-order valence-corrected chi connectivity index (χ0v) is 23.8. The van der Waals surface area contributed by atoms with Gasteiger partial charge in [0.15, 0.2) is 6.19 Å². The number of nitrogens with one attached hydrogen (secondary N) is 3. The molecule has 2 aromatic heterocycles. The van der Waals surface area contributed by atoms with Crippen molar-refractivity contribution in [2.45, 2.75) is 44.8 Å². The van der Waals surface area contributed by atoms with Gasteiger partial charge in [0.05, 0.1) is 40.5 Å². The molecule has 0 saturated heterocycles. The van der Waals surface area contributed by atoms with Gasteiger partial charge in [-0.1, -0.05) is 12.1 Å². The summed E-state index contributed by atoms with van der Waals surface area (Å²) >= 11 is 0. The molecule has 4 saturated carbocycles. The number of pyridine rings is 2. The zero-order chi connectivity index (χ0) is 31.3. The minimum Gasteiger partial charge on any atom is -0.478 e. The van der Waals surface area contributed by atoms with Gasteiger partial charge in [0.25, 0.3) is 5.91 Å². The van der Waals surface area contributed by atoms with Crippen LogP contribution in [-0.4, -0.2) is 33.5 Å². The highest BCUT2D eigenvalue weighted by atomic mass is 19.4. The molecule has 4 fully saturated rings. The number of alkyl halides is 3. The molecule has 4 bridgehead atoms. The molecule has 2 heterocycles. The Kier molecular flexibility index (Phi) is 9.32. The third kappa shape index (κ3) is 7.27. The standard InChI is InChI=1S/C17H22N2O2.C15H11F3N4O/c20-17(21)14-1-2-18-9-16(14)19-8-15-12-4-10-3-11(6-12)7-13(15)5-10;16-15(17,18)11-3-1-10(2-4-11)7-21-13-8-20-6-5-12(13)14(23)22-9-19/h1-2,9-13,15,19H,3-8H2,(H,20,21);1-6,8,21H,7H2,(H,22,23). The highest BCUT2D eigenvalue weighted by molar-refractivity contribution is 6.00. The fourth-order valence-corrected chi connectivity index (χ4v) is 7.18. The van der Waals surface area contributed by atoms with Crippen molar-refractivity contribution in [3.05, 3.63) is 83.4 Å². The maximum Gasteiger partial charge on any atom is 0.416 e. The van der Waals surface area contributed by atoms with E-state index < -0.39 is 23.6 Å². The minimum atomic E-state index is -4.38. The molecule has 0 radical (unpaired) electrons. The number of aromatic carboxylic acids is 1. The van der Waals surface area contributed by atoms with Crippen molar-refractivity contribution in [1.29, 1.82) is 5.26 Å². The van der Waals surface area contributed by atoms with E-state index >= 15 is 0 Å². The molecule has 4 aliphatic carbocycles. The second-order valence-corrected chi connectivity index (χ2v) is 11.7. The van der Waals surface area contributed by atoms with E-state index in [0.717, 1.165) is 48.3 Å². The smallest absolute Gasteiger partial charge is 0.416 e. The lowest BCUT2D eigenvalue weighted by Crippen LogP contribution is -2.47. The first-order valence-electron chi connectivity index (χ1n) is 14.6. The number of carbonyl (C=O) groups excluding carboxylic acids is 1. The van der Waals surface area contributed by atoms with Crippen LogP contribution in [0.5, 0.6) is 0 Å². The topological polar surface area (TPSA) is 140 Å². The van der Waals surface area contributed by atoms with Crippen LogP contribution in [-0.2, 0) is 12.7 Å². The van der Waals surface area contributed by atoms with Crippen LogP contribution in [0.15, 0.2) is 61.2 Å². The number of carboxylic acid groups (broad SMARTS) is 1. The lowest BCUT2D eigenvalue weighted by molar-refractivity contribution is -0.137. The second-order valence-electron chi connectivity index (χ2n) is 11.7. The summed E-state index contributed by atoms with van der Waals surface area (Å²) in [4.78, 5) is 30.9. The average molecular weight is 607 g/mol. The highest BCUT2D eigenvalue weighted by Gasteiger charge is 2.47. The van der Waals surface area contributed by atoms with Crippen molar-refractivity contribution in [2.75, 3.05) is 17.2 Å². The number of aromatic nitrogens is 2. The lowest BCUT2D eigenvalue weighted by Gasteiger charge is -2.54. The summed E-state index contributed by atoms with van der Waals surface area (Å²) in [5.74, 6) is 2.93. The molecule has 1 amide bonds. The number of anilines is 2. The van der Waals surface area contributed by atoms with Gasteiger partial charge in [-0.05, 0) is 91.5 Å². The number of nitriles is 1. The minimum absolute atomic E-state index is 0.205. The van der Waals surface area contributed by atoms with Crippen molar-refractivity contribution in [3.63, 3.8) is 0 Å². The Morgan fingerprint density at radius 3 is 1.98 bits per heavy atom. The third-order valence-corrected chi connectivity index (χ3v) is 9.00. The molecule has 0 spiro atoms. The van der Waals surface area contributed by atoms with Crippen LogP contribution >= 0.6 is 0 Å². The summed E-state index contributed by atoms with van der Waals surface area (Å²) in [5, 5.41) is 26.0. The monoisotopic (exact) mass is 606 g/mol. The molecule has 12 heteroatoms. The van der Waals surface area contributed by atoms with E-state index in [4.69, 9.17) is 5.26 Å². The van der Waals surface area contributed by atoms with Crippen molar-refractivity contribution in [3.8, 4) is 6.19 Å². The molecular formula is C32H33F3N6O3. The Labute approximate surface area is 252 Å². The Balaban J connectivity index is 0.000000175. The number of nitrogens with zero attached hydrogens (tertiary/aromatic N) is 3. The molecule has 4 N–H and O–H groups in total. The summed E-state index contributed by atoms with van der Waals surface area (Å²) in [5.41, 5.74) is 1.46. The van der Waals surface area contributed by atoms with Gasteiger partial charge in [-0.25, -0.2) is 4.79 Å². The maximum atomic E-state index is 12.5. The molecule has 7 rings (SSSR count). The van der Waals surface area contributed by atoms with Crippen LogP contribution < -0.4 is 16.0 Å². The Bertz CT molecular complexity index is 1490. The molecule has 44 heavy (non-hydrogen) atoms. The summed E-state index contributed by atoms with van der Waals surface area (Å²) in [7, 11) is 0. The fraction of sp³-hybridized carbons (Fsp3) is 0.406. The number of amides is 1. The van der Waals surface area contributed by atoms with E-state index in [-0.39, 0.29) is 12.1 Å². The molecule has 0 aliphatic heterocycles. The Hall–Kier alpha value is -4.66. The number of carboxylic acids is 1. The van der Waals surface area contributed by atoms with Gasteiger partial charge in [0, 0.05) is 25.5 Å². The van der Waals surface area contributed by atoms with Crippen LogP contribution in [0.1, 0.15) is 63.9 Å². The number of carbonyl (C=O) groups is 2. The van der Waals surface area contributed by atoms with Gasteiger partial charge < -0.3 is 15.7 Å². The summed E-state index contributed by atoms with van der Waals surface area (Å²) < 4.78 is 37.5. The largest absolute Gasteiger partial charge is 0.478 e. The van der Waals surface area contributed by atoms with Crippen molar-refractivity contribution >= 4 is 23.3 Å². The Morgan fingerprint density at radius 2 is 1.43 bits per heavy atom. The first-order valence-corrected chi connectivity index (χ1v) is 14.6. The van der Waals surface area contributed by atoms with E-state index in [1.165, 1.54) is 75.1 Å². The van der Waals surface area contributed by atoms with Gasteiger partial charge in [-0.15, -0.1) is 0 Å². The molecule has 0 atom stereocenters. The average Bonchev–Trinajstić information content (AvgIpc) is 3.00. The first-order chi connectivity index (χ1) is 21.1. The van der Waals surface area contributed by atoms with Gasteiger partial charge >= 0.3 is 12.1 Å². The fourth-order valence-electron chi connectivity index (χ4n) is 7.18. The molecule has 3 aromatic rings. The van der Waals surface area contributed by atoms with Crippen LogP contribution in [0.3, 0.4) is 0 Å². The van der Waals surface area contributed by atoms with Crippen molar-refractivity contribution in [2.24, 2.45) is 29.6 Å². The molecule has 1 aromatic carbocycles. The Morgan fingerprint density at radius 1 is 0.864 bits per heavy atom. The van der Waals surface area contributed by atoms with Crippen molar-refractivity contribution < 1.29 is 27.9 Å². The highest BCUT2D eigenvalue weighted by Crippen LogP contribution is 2.56. The van der Waals surface area contributed by atoms with E-state index in [1.54, 1.807) is 12.3 Å². The van der Waals surface area contributed by atoms with Crippen LogP contribution in [0.2, 0.25) is 0 Å². The van der Waals surface area contributed by atoms with E-state index in [2.05, 4.69) is 20.6 Å². The normalized spacial score (nSPS) is 23.1. The number of benzene rings is 1. The maximum absolute atomic E-state index is 12.5. The van der Waals surface area contributed by atoms with Gasteiger partial charge in [0.1, 0.15) is 0 Å². The van der Waals surface area contributed by atoms with Gasteiger partial charge in [0.2, 0.25) is 0 Å². The van der Waals surface area contributed by atoms with E-state index in [1.807, 2.05) is 5.32 Å². The molecule has 230 valence electrons. The second kappa shape index (κ2) is 13.3. The predicted octanol–water partition coefficient (Wildman–Crippen LogP) is 6.19. The van der Waals surface area contributed by atoms with Gasteiger partial charge in [-0.3, -0.25) is 20.1 Å². The molecule has 9 nitrogen and oxygen atoms in total. The summed E-state index contributed by atoms with van der Waals surface area (Å²) in [6, 6.07) is 7.68.